The lowest BCUT2D eigenvalue weighted by Gasteiger charge is -2.20. The standard InChI is InChI=1S/C11H9BrF5N/c12-8-5-7(11(15,16)17)1-2-9(8)18-4-3-10(13,14)6-18/h1-2,5H,3-4,6H2. The largest absolute Gasteiger partial charge is 0.416 e. The van der Waals surface area contributed by atoms with Crippen LogP contribution < -0.4 is 4.90 Å². The Bertz CT molecular complexity index is 457. The second kappa shape index (κ2) is 4.36. The minimum atomic E-state index is -4.43. The fourth-order valence-corrected chi connectivity index (χ4v) is 2.51. The first kappa shape index (κ1) is 13.6. The normalized spacial score (nSPS) is 19.3. The summed E-state index contributed by atoms with van der Waals surface area (Å²) in [5.41, 5.74) is -0.441. The monoisotopic (exact) mass is 329 g/mol. The lowest BCUT2D eigenvalue weighted by Crippen LogP contribution is -2.25. The van der Waals surface area contributed by atoms with E-state index in [9.17, 15) is 22.0 Å². The molecule has 100 valence electrons. The Labute approximate surface area is 109 Å². The van der Waals surface area contributed by atoms with Gasteiger partial charge in [0, 0.05) is 17.4 Å². The van der Waals surface area contributed by atoms with Crippen LogP contribution in [0.15, 0.2) is 22.7 Å². The predicted octanol–water partition coefficient (Wildman–Crippen LogP) is 4.31. The van der Waals surface area contributed by atoms with Gasteiger partial charge in [0.2, 0.25) is 0 Å². The molecule has 1 saturated heterocycles. The van der Waals surface area contributed by atoms with Gasteiger partial charge < -0.3 is 4.90 Å². The van der Waals surface area contributed by atoms with Crippen molar-refractivity contribution >= 4 is 21.6 Å². The molecule has 0 aromatic heterocycles. The molecule has 1 nitrogen and oxygen atoms in total. The molecule has 0 amide bonds. The van der Waals surface area contributed by atoms with Crippen LogP contribution in [0.4, 0.5) is 27.6 Å². The van der Waals surface area contributed by atoms with E-state index in [0.29, 0.717) is 5.69 Å². The Morgan fingerprint density at radius 2 is 1.89 bits per heavy atom. The average Bonchev–Trinajstić information content (AvgIpc) is 2.57. The van der Waals surface area contributed by atoms with Crippen LogP contribution in [0.1, 0.15) is 12.0 Å². The van der Waals surface area contributed by atoms with Crippen LogP contribution in [0.2, 0.25) is 0 Å². The molecule has 1 heterocycles. The first-order chi connectivity index (χ1) is 8.19. The highest BCUT2D eigenvalue weighted by Gasteiger charge is 2.39. The van der Waals surface area contributed by atoms with Gasteiger partial charge in [-0.05, 0) is 34.1 Å². The van der Waals surface area contributed by atoms with E-state index in [-0.39, 0.29) is 17.4 Å². The first-order valence-corrected chi connectivity index (χ1v) is 5.98. The summed E-state index contributed by atoms with van der Waals surface area (Å²) in [6.45, 7) is -0.325. The smallest absolute Gasteiger partial charge is 0.364 e. The fourth-order valence-electron chi connectivity index (χ4n) is 1.88. The average molecular weight is 330 g/mol. The van der Waals surface area contributed by atoms with E-state index in [1.165, 1.54) is 11.0 Å². The molecule has 0 radical (unpaired) electrons. The number of nitrogens with zero attached hydrogens (tertiary/aromatic N) is 1. The predicted molar refractivity (Wildman–Crippen MR) is 60.9 cm³/mol. The first-order valence-electron chi connectivity index (χ1n) is 5.19. The highest BCUT2D eigenvalue weighted by molar-refractivity contribution is 9.10. The second-order valence-corrected chi connectivity index (χ2v) is 5.05. The maximum absolute atomic E-state index is 13.0. The van der Waals surface area contributed by atoms with Crippen molar-refractivity contribution in [3.8, 4) is 0 Å². The molecule has 7 heteroatoms. The van der Waals surface area contributed by atoms with Crippen molar-refractivity contribution in [2.24, 2.45) is 0 Å². The third kappa shape index (κ3) is 2.76. The van der Waals surface area contributed by atoms with E-state index in [1.807, 2.05) is 0 Å². The Morgan fingerprint density at radius 1 is 1.22 bits per heavy atom. The lowest BCUT2D eigenvalue weighted by atomic mass is 10.2. The summed E-state index contributed by atoms with van der Waals surface area (Å²) in [7, 11) is 0. The number of rotatable bonds is 1. The van der Waals surface area contributed by atoms with Crippen molar-refractivity contribution in [3.05, 3.63) is 28.2 Å². The number of benzene rings is 1. The van der Waals surface area contributed by atoms with Crippen LogP contribution in [0.5, 0.6) is 0 Å². The fraction of sp³-hybridized carbons (Fsp3) is 0.455. The van der Waals surface area contributed by atoms with E-state index in [4.69, 9.17) is 0 Å². The van der Waals surface area contributed by atoms with Crippen molar-refractivity contribution in [2.75, 3.05) is 18.0 Å². The summed E-state index contributed by atoms with van der Waals surface area (Å²) in [5, 5.41) is 0. The van der Waals surface area contributed by atoms with Crippen LogP contribution >= 0.6 is 15.9 Å². The number of alkyl halides is 5. The number of hydrogen-bond donors (Lipinski definition) is 0. The van der Waals surface area contributed by atoms with Crippen molar-refractivity contribution in [1.29, 1.82) is 0 Å². The number of halogens is 6. The zero-order valence-electron chi connectivity index (χ0n) is 9.07. The summed E-state index contributed by atoms with van der Waals surface area (Å²) in [5.74, 6) is -2.78. The lowest BCUT2D eigenvalue weighted by molar-refractivity contribution is -0.137. The molecule has 0 N–H and O–H groups in total. The van der Waals surface area contributed by atoms with E-state index >= 15 is 0 Å². The molecule has 0 aliphatic carbocycles. The molecule has 1 aliphatic heterocycles. The summed E-state index contributed by atoms with van der Waals surface area (Å²) in [6, 6.07) is 3.02. The van der Waals surface area contributed by atoms with Crippen LogP contribution in [-0.2, 0) is 6.18 Å². The summed E-state index contributed by atoms with van der Waals surface area (Å²) >= 11 is 3.00. The highest BCUT2D eigenvalue weighted by atomic mass is 79.9. The Hall–Kier alpha value is -0.850. The van der Waals surface area contributed by atoms with Gasteiger partial charge >= 0.3 is 6.18 Å². The zero-order valence-corrected chi connectivity index (χ0v) is 10.7. The molecule has 0 unspecified atom stereocenters. The maximum Gasteiger partial charge on any atom is 0.416 e. The molecular formula is C11H9BrF5N. The Morgan fingerprint density at radius 3 is 2.33 bits per heavy atom. The molecule has 2 rings (SSSR count). The molecule has 1 aliphatic rings. The number of anilines is 1. The third-order valence-corrected chi connectivity index (χ3v) is 3.42. The quantitative estimate of drug-likeness (QED) is 0.694. The van der Waals surface area contributed by atoms with Gasteiger partial charge in [-0.3, -0.25) is 0 Å². The molecule has 1 fully saturated rings. The SMILES string of the molecule is FC1(F)CCN(c2ccc(C(F)(F)F)cc2Br)C1. The summed E-state index contributed by atoms with van der Waals surface area (Å²) < 4.78 is 63.6. The van der Waals surface area contributed by atoms with E-state index in [0.717, 1.165) is 12.1 Å². The van der Waals surface area contributed by atoms with Crippen molar-refractivity contribution < 1.29 is 22.0 Å². The molecule has 0 saturated carbocycles. The van der Waals surface area contributed by atoms with Crippen LogP contribution in [-0.4, -0.2) is 19.0 Å². The van der Waals surface area contributed by atoms with Gasteiger partial charge in [-0.1, -0.05) is 0 Å². The van der Waals surface area contributed by atoms with Gasteiger partial charge in [0.1, 0.15) is 0 Å². The van der Waals surface area contributed by atoms with Crippen molar-refractivity contribution in [1.82, 2.24) is 0 Å². The van der Waals surface area contributed by atoms with E-state index in [2.05, 4.69) is 15.9 Å². The molecule has 1 aromatic rings. The molecular weight excluding hydrogens is 321 g/mol. The molecule has 1 aromatic carbocycles. The van der Waals surface area contributed by atoms with Crippen LogP contribution in [0.25, 0.3) is 0 Å². The van der Waals surface area contributed by atoms with Crippen LogP contribution in [0.3, 0.4) is 0 Å². The number of hydrogen-bond acceptors (Lipinski definition) is 1. The zero-order chi connectivity index (χ0) is 13.6. The molecule has 0 atom stereocenters. The Kier molecular flexibility index (Phi) is 3.29. The second-order valence-electron chi connectivity index (χ2n) is 4.19. The van der Waals surface area contributed by atoms with E-state index in [1.54, 1.807) is 0 Å². The molecule has 0 bridgehead atoms. The topological polar surface area (TPSA) is 3.24 Å². The van der Waals surface area contributed by atoms with Gasteiger partial charge in [-0.25, -0.2) is 8.78 Å². The summed E-state index contributed by atoms with van der Waals surface area (Å²) in [4.78, 5) is 1.38. The van der Waals surface area contributed by atoms with Gasteiger partial charge in [0.15, 0.2) is 0 Å². The Balaban J connectivity index is 2.26. The molecule has 18 heavy (non-hydrogen) atoms. The minimum Gasteiger partial charge on any atom is -0.364 e. The molecule has 0 spiro atoms. The third-order valence-electron chi connectivity index (χ3n) is 2.79. The summed E-state index contributed by atoms with van der Waals surface area (Å²) in [6.07, 6.45) is -4.71. The maximum atomic E-state index is 13.0. The van der Waals surface area contributed by atoms with Gasteiger partial charge in [0.25, 0.3) is 5.92 Å². The van der Waals surface area contributed by atoms with Crippen molar-refractivity contribution in [2.45, 2.75) is 18.5 Å². The van der Waals surface area contributed by atoms with E-state index < -0.39 is 24.2 Å². The van der Waals surface area contributed by atoms with Gasteiger partial charge in [-0.15, -0.1) is 0 Å². The van der Waals surface area contributed by atoms with Gasteiger partial charge in [-0.2, -0.15) is 13.2 Å². The minimum absolute atomic E-state index is 0.136. The van der Waals surface area contributed by atoms with Crippen molar-refractivity contribution in [3.63, 3.8) is 0 Å². The van der Waals surface area contributed by atoms with Gasteiger partial charge in [0.05, 0.1) is 17.8 Å². The highest BCUT2D eigenvalue weighted by Crippen LogP contribution is 2.38. The van der Waals surface area contributed by atoms with Crippen LogP contribution in [0, 0.1) is 0 Å².